The normalized spacial score (nSPS) is 12.2. The van der Waals surface area contributed by atoms with Crippen molar-refractivity contribution in [3.8, 4) is 22.9 Å². The highest BCUT2D eigenvalue weighted by Gasteiger charge is 2.23. The fraction of sp³-hybridized carbons (Fsp3) is 0.269. The number of rotatable bonds is 10. The maximum Gasteiger partial charge on any atom is 0.222 e. The Morgan fingerprint density at radius 2 is 1.72 bits per heavy atom. The molecule has 1 unspecified atom stereocenters. The molecule has 4 aromatic rings. The molecule has 0 aliphatic rings. The van der Waals surface area contributed by atoms with Gasteiger partial charge in [-0.25, -0.2) is 4.68 Å². The van der Waals surface area contributed by atoms with Gasteiger partial charge in [-0.3, -0.25) is 4.90 Å². The van der Waals surface area contributed by atoms with Crippen molar-refractivity contribution in [1.82, 2.24) is 14.7 Å². The first-order valence-corrected chi connectivity index (χ1v) is 10.9. The molecule has 0 saturated heterocycles. The van der Waals surface area contributed by atoms with Gasteiger partial charge in [-0.2, -0.15) is 5.10 Å². The van der Waals surface area contributed by atoms with Crippen LogP contribution < -0.4 is 4.74 Å². The van der Waals surface area contributed by atoms with E-state index in [1.54, 1.807) is 10.9 Å². The fourth-order valence-electron chi connectivity index (χ4n) is 3.71. The van der Waals surface area contributed by atoms with Crippen molar-refractivity contribution in [2.45, 2.75) is 32.5 Å². The second kappa shape index (κ2) is 10.3. The van der Waals surface area contributed by atoms with Crippen LogP contribution in [-0.2, 0) is 20.1 Å². The number of hydrogen-bond donors (Lipinski definition) is 1. The Bertz CT molecular complexity index is 1090. The summed E-state index contributed by atoms with van der Waals surface area (Å²) in [6.07, 6.45) is 1.92. The summed E-state index contributed by atoms with van der Waals surface area (Å²) < 4.78 is 13.7. The molecule has 0 aliphatic carbocycles. The molecule has 32 heavy (non-hydrogen) atoms. The predicted molar refractivity (Wildman–Crippen MR) is 124 cm³/mol. The van der Waals surface area contributed by atoms with Gasteiger partial charge >= 0.3 is 0 Å². The summed E-state index contributed by atoms with van der Waals surface area (Å²) in [5.74, 6) is 2.29. The zero-order valence-corrected chi connectivity index (χ0v) is 18.5. The molecule has 0 aliphatic heterocycles. The number of para-hydroxylation sites is 1. The molecule has 6 nitrogen and oxygen atoms in total. The maximum absolute atomic E-state index is 10.4. The number of aliphatic hydroxyl groups is 1. The number of hydrogen-bond acceptors (Lipinski definition) is 5. The molecule has 4 rings (SSSR count). The maximum atomic E-state index is 10.4. The molecule has 0 spiro atoms. The summed E-state index contributed by atoms with van der Waals surface area (Å²) in [4.78, 5) is 2.17. The number of ether oxygens (including phenoxy) is 1. The minimum Gasteiger partial charge on any atom is -0.468 e. The van der Waals surface area contributed by atoms with Crippen LogP contribution >= 0.6 is 0 Å². The van der Waals surface area contributed by atoms with Crippen molar-refractivity contribution >= 4 is 0 Å². The summed E-state index contributed by atoms with van der Waals surface area (Å²) in [6, 6.07) is 23.7. The van der Waals surface area contributed by atoms with E-state index in [4.69, 9.17) is 14.3 Å². The van der Waals surface area contributed by atoms with E-state index in [1.165, 1.54) is 0 Å². The zero-order valence-electron chi connectivity index (χ0n) is 18.5. The van der Waals surface area contributed by atoms with E-state index >= 15 is 0 Å². The van der Waals surface area contributed by atoms with Crippen LogP contribution in [0.5, 0.6) is 11.6 Å². The van der Waals surface area contributed by atoms with E-state index in [-0.39, 0.29) is 0 Å². The first kappa shape index (κ1) is 21.9. The Morgan fingerprint density at radius 1 is 1.00 bits per heavy atom. The van der Waals surface area contributed by atoms with E-state index in [0.717, 1.165) is 28.3 Å². The standard InChI is InChI=1S/C26H29N3O3/c1-3-21(30)17-29(18-23-15-10-16-31-23)19-24-25(20-11-6-4-7-12-20)27-28(2)26(24)32-22-13-8-5-9-14-22/h4-16,21,30H,3,17-19H2,1-2H3. The highest BCUT2D eigenvalue weighted by Crippen LogP contribution is 2.34. The lowest BCUT2D eigenvalue weighted by atomic mass is 10.1. The van der Waals surface area contributed by atoms with Crippen LogP contribution in [0.3, 0.4) is 0 Å². The third kappa shape index (κ3) is 5.28. The van der Waals surface area contributed by atoms with Crippen LogP contribution in [0, 0.1) is 0 Å². The van der Waals surface area contributed by atoms with Gasteiger partial charge in [-0.15, -0.1) is 0 Å². The number of aryl methyl sites for hydroxylation is 1. The third-order valence-corrected chi connectivity index (χ3v) is 5.37. The second-order valence-electron chi connectivity index (χ2n) is 7.85. The quantitative estimate of drug-likeness (QED) is 0.372. The number of aliphatic hydroxyl groups excluding tert-OH is 1. The molecular weight excluding hydrogens is 402 g/mol. The van der Waals surface area contributed by atoms with Gasteiger partial charge in [0.05, 0.1) is 24.5 Å². The largest absolute Gasteiger partial charge is 0.468 e. The van der Waals surface area contributed by atoms with Gasteiger partial charge in [-0.05, 0) is 30.7 Å². The van der Waals surface area contributed by atoms with Crippen LogP contribution in [-0.4, -0.2) is 32.4 Å². The van der Waals surface area contributed by atoms with Crippen molar-refractivity contribution < 1.29 is 14.3 Å². The number of nitrogens with zero attached hydrogens (tertiary/aromatic N) is 3. The SMILES string of the molecule is CCC(O)CN(Cc1ccco1)Cc1c(-c2ccccc2)nn(C)c1Oc1ccccc1. The lowest BCUT2D eigenvalue weighted by Gasteiger charge is -2.24. The Balaban J connectivity index is 1.72. The van der Waals surface area contributed by atoms with Crippen molar-refractivity contribution in [2.24, 2.45) is 7.05 Å². The summed E-state index contributed by atoms with van der Waals surface area (Å²) >= 11 is 0. The van der Waals surface area contributed by atoms with Crippen LogP contribution in [0.25, 0.3) is 11.3 Å². The molecule has 2 aromatic heterocycles. The molecule has 0 saturated carbocycles. The molecule has 1 atom stereocenters. The van der Waals surface area contributed by atoms with Crippen molar-refractivity contribution in [3.05, 3.63) is 90.4 Å². The van der Waals surface area contributed by atoms with Gasteiger partial charge in [0.1, 0.15) is 17.2 Å². The van der Waals surface area contributed by atoms with Gasteiger partial charge in [0.15, 0.2) is 0 Å². The molecule has 6 heteroatoms. The molecule has 2 aromatic carbocycles. The van der Waals surface area contributed by atoms with Gasteiger partial charge in [0.25, 0.3) is 0 Å². The number of benzene rings is 2. The number of aromatic nitrogens is 2. The lowest BCUT2D eigenvalue weighted by molar-refractivity contribution is 0.0970. The molecule has 166 valence electrons. The van der Waals surface area contributed by atoms with Crippen LogP contribution in [0.4, 0.5) is 0 Å². The van der Waals surface area contributed by atoms with Crippen LogP contribution in [0.15, 0.2) is 83.5 Å². The predicted octanol–water partition coefficient (Wildman–Crippen LogP) is 5.25. The average Bonchev–Trinajstić information content (AvgIpc) is 3.44. The van der Waals surface area contributed by atoms with Crippen molar-refractivity contribution in [2.75, 3.05) is 6.54 Å². The second-order valence-corrected chi connectivity index (χ2v) is 7.85. The van der Waals surface area contributed by atoms with Crippen molar-refractivity contribution in [1.29, 1.82) is 0 Å². The molecule has 0 bridgehead atoms. The first-order chi connectivity index (χ1) is 15.6. The molecule has 0 fully saturated rings. The molecule has 1 N–H and O–H groups in total. The van der Waals surface area contributed by atoms with E-state index in [1.807, 2.05) is 74.6 Å². The Hall–Kier alpha value is -3.35. The number of furan rings is 1. The minimum absolute atomic E-state index is 0.430. The first-order valence-electron chi connectivity index (χ1n) is 10.9. The Morgan fingerprint density at radius 3 is 2.38 bits per heavy atom. The van der Waals surface area contributed by atoms with Gasteiger partial charge in [-0.1, -0.05) is 55.5 Å². The van der Waals surface area contributed by atoms with E-state index in [0.29, 0.717) is 31.9 Å². The Labute approximate surface area is 188 Å². The van der Waals surface area contributed by atoms with Crippen LogP contribution in [0.2, 0.25) is 0 Å². The summed E-state index contributed by atoms with van der Waals surface area (Å²) in [7, 11) is 1.89. The highest BCUT2D eigenvalue weighted by atomic mass is 16.5. The monoisotopic (exact) mass is 431 g/mol. The Kier molecular flexibility index (Phi) is 7.04. The van der Waals surface area contributed by atoms with E-state index < -0.39 is 6.10 Å². The third-order valence-electron chi connectivity index (χ3n) is 5.37. The molecule has 2 heterocycles. The minimum atomic E-state index is -0.430. The van der Waals surface area contributed by atoms with Gasteiger partial charge in [0, 0.05) is 25.7 Å². The topological polar surface area (TPSA) is 63.7 Å². The zero-order chi connectivity index (χ0) is 22.3. The van der Waals surface area contributed by atoms with E-state index in [2.05, 4.69) is 17.0 Å². The van der Waals surface area contributed by atoms with Crippen molar-refractivity contribution in [3.63, 3.8) is 0 Å². The highest BCUT2D eigenvalue weighted by molar-refractivity contribution is 5.65. The molecule has 0 amide bonds. The van der Waals surface area contributed by atoms with Crippen LogP contribution in [0.1, 0.15) is 24.7 Å². The van der Waals surface area contributed by atoms with E-state index in [9.17, 15) is 5.11 Å². The van der Waals surface area contributed by atoms with Gasteiger partial charge < -0.3 is 14.3 Å². The smallest absolute Gasteiger partial charge is 0.222 e. The summed E-state index contributed by atoms with van der Waals surface area (Å²) in [5.41, 5.74) is 2.86. The lowest BCUT2D eigenvalue weighted by Crippen LogP contribution is -2.31. The van der Waals surface area contributed by atoms with Gasteiger partial charge in [0.2, 0.25) is 5.88 Å². The molecule has 0 radical (unpaired) electrons. The summed E-state index contributed by atoms with van der Waals surface area (Å²) in [6.45, 7) is 3.64. The fourth-order valence-corrected chi connectivity index (χ4v) is 3.71. The summed E-state index contributed by atoms with van der Waals surface area (Å²) in [5, 5.41) is 15.2. The molecular formula is C26H29N3O3. The average molecular weight is 432 g/mol.